The first kappa shape index (κ1) is 35.2. The molecule has 2 aliphatic heterocycles. The van der Waals surface area contributed by atoms with Crippen molar-refractivity contribution in [3.63, 3.8) is 0 Å². The van der Waals surface area contributed by atoms with E-state index >= 15 is 0 Å². The van der Waals surface area contributed by atoms with Crippen LogP contribution in [0.2, 0.25) is 0 Å². The van der Waals surface area contributed by atoms with Crippen LogP contribution in [-0.2, 0) is 28.6 Å². The molecule has 8 aliphatic rings. The number of esters is 3. The summed E-state index contributed by atoms with van der Waals surface area (Å²) < 4.78 is 16.3. The Morgan fingerprint density at radius 3 is 1.98 bits per heavy atom. The Bertz CT molecular complexity index is 1070. The summed E-state index contributed by atoms with van der Waals surface area (Å²) in [7, 11) is 0. The molecule has 0 N–H and O–H groups in total. The van der Waals surface area contributed by atoms with E-state index in [1.807, 2.05) is 0 Å². The van der Waals surface area contributed by atoms with Gasteiger partial charge in [-0.3, -0.25) is 14.4 Å². The van der Waals surface area contributed by atoms with Gasteiger partial charge < -0.3 is 14.2 Å². The number of ether oxygens (including phenoxy) is 3. The Morgan fingerprint density at radius 1 is 0.723 bits per heavy atom. The predicted molar refractivity (Wildman–Crippen MR) is 183 cm³/mol. The first-order chi connectivity index (χ1) is 22.8. The lowest BCUT2D eigenvalue weighted by molar-refractivity contribution is -0.176. The molecular formula is C41H66O6. The second kappa shape index (κ2) is 15.5. The van der Waals surface area contributed by atoms with Gasteiger partial charge in [-0.15, -0.1) is 0 Å². The zero-order chi connectivity index (χ0) is 33.1. The highest BCUT2D eigenvalue weighted by molar-refractivity contribution is 5.76. The third-order valence-corrected chi connectivity index (χ3v) is 15.0. The number of cyclic esters (lactones) is 2. The zero-order valence-corrected chi connectivity index (χ0v) is 30.2. The topological polar surface area (TPSA) is 78.9 Å². The molecule has 6 heteroatoms. The van der Waals surface area contributed by atoms with Gasteiger partial charge in [0.2, 0.25) is 0 Å². The van der Waals surface area contributed by atoms with Crippen molar-refractivity contribution >= 4 is 17.9 Å². The van der Waals surface area contributed by atoms with Crippen LogP contribution in [-0.4, -0.2) is 36.7 Å². The summed E-state index contributed by atoms with van der Waals surface area (Å²) in [5.74, 6) is 8.32. The molecule has 0 radical (unpaired) electrons. The second-order valence-electron chi connectivity index (χ2n) is 17.0. The summed E-state index contributed by atoms with van der Waals surface area (Å²) in [6.45, 7) is 10.5. The fraction of sp³-hybridized carbons (Fsp3) is 0.927. The third kappa shape index (κ3) is 7.05. The molecule has 2 saturated heterocycles. The van der Waals surface area contributed by atoms with Crippen molar-refractivity contribution in [2.75, 3.05) is 13.2 Å². The molecule has 11 unspecified atom stereocenters. The Labute approximate surface area is 285 Å². The number of carbonyl (C=O) groups excluding carboxylic acids is 3. The van der Waals surface area contributed by atoms with Crippen LogP contribution in [0.1, 0.15) is 150 Å². The van der Waals surface area contributed by atoms with E-state index in [-0.39, 0.29) is 35.3 Å². The molecule has 8 fully saturated rings. The normalized spacial score (nSPS) is 41.3. The lowest BCUT2D eigenvalue weighted by atomic mass is 9.70. The predicted octanol–water partition coefficient (Wildman–Crippen LogP) is 9.32. The van der Waals surface area contributed by atoms with Crippen molar-refractivity contribution in [2.24, 2.45) is 71.0 Å². The largest absolute Gasteiger partial charge is 0.466 e. The maximum Gasteiger partial charge on any atom is 0.309 e. The molecule has 6 aliphatic carbocycles. The van der Waals surface area contributed by atoms with Crippen LogP contribution in [0.4, 0.5) is 0 Å². The quantitative estimate of drug-likeness (QED) is 0.201. The van der Waals surface area contributed by atoms with Crippen molar-refractivity contribution in [3.05, 3.63) is 0 Å². The minimum atomic E-state index is -0.0788. The summed E-state index contributed by atoms with van der Waals surface area (Å²) in [6.07, 6.45) is 23.2. The molecule has 0 spiro atoms. The van der Waals surface area contributed by atoms with Gasteiger partial charge in [-0.1, -0.05) is 72.6 Å². The van der Waals surface area contributed by atoms with Gasteiger partial charge in [0.15, 0.2) is 0 Å². The number of hydrogen-bond donors (Lipinski definition) is 0. The van der Waals surface area contributed by atoms with E-state index in [2.05, 4.69) is 32.4 Å². The van der Waals surface area contributed by atoms with E-state index in [0.717, 1.165) is 67.6 Å². The van der Waals surface area contributed by atoms with Crippen LogP contribution in [0.3, 0.4) is 0 Å². The standard InChI is InChI=1S/C26H42O2.C11H18O2.C4H6O2/c1-3-17-14-18(4-2)24-21-15-19(23(17)24)16-22(21)25(27)28-26(12-8-9-13-26)20-10-6-5-7-11-20;1-3-7-5-8(4-2)10-9(7)6-13-11(10)12;5-4-2-1-3-6-4/h17-24H,3-16H2,1-2H3;7-10H,3-6H2,1-2H3;1-3H2. The molecule has 0 aromatic heterocycles. The Hall–Kier alpha value is -1.59. The van der Waals surface area contributed by atoms with Crippen molar-refractivity contribution in [3.8, 4) is 0 Å². The van der Waals surface area contributed by atoms with Crippen molar-refractivity contribution < 1.29 is 28.6 Å². The minimum absolute atomic E-state index is 0.0463. The van der Waals surface area contributed by atoms with Crippen LogP contribution in [0, 0.1) is 71.0 Å². The van der Waals surface area contributed by atoms with E-state index in [4.69, 9.17) is 9.47 Å². The first-order valence-corrected chi connectivity index (χ1v) is 20.4. The number of hydrogen-bond acceptors (Lipinski definition) is 6. The fourth-order valence-electron chi connectivity index (χ4n) is 12.7. The van der Waals surface area contributed by atoms with Crippen LogP contribution in [0.15, 0.2) is 0 Å². The first-order valence-electron chi connectivity index (χ1n) is 20.4. The van der Waals surface area contributed by atoms with Gasteiger partial charge in [0.25, 0.3) is 0 Å². The van der Waals surface area contributed by atoms with Crippen molar-refractivity contribution in [1.82, 2.24) is 0 Å². The van der Waals surface area contributed by atoms with Crippen LogP contribution in [0.25, 0.3) is 0 Å². The zero-order valence-electron chi connectivity index (χ0n) is 30.2. The highest BCUT2D eigenvalue weighted by Crippen LogP contribution is 2.66. The Morgan fingerprint density at radius 2 is 1.38 bits per heavy atom. The molecule has 2 bridgehead atoms. The Kier molecular flexibility index (Phi) is 11.6. The molecule has 0 aromatic rings. The van der Waals surface area contributed by atoms with Crippen molar-refractivity contribution in [2.45, 2.75) is 155 Å². The highest BCUT2D eigenvalue weighted by atomic mass is 16.6. The van der Waals surface area contributed by atoms with Crippen LogP contribution >= 0.6 is 0 Å². The second-order valence-corrected chi connectivity index (χ2v) is 17.0. The average molecular weight is 655 g/mol. The lowest BCUT2D eigenvalue weighted by Gasteiger charge is -2.41. The van der Waals surface area contributed by atoms with E-state index in [1.54, 1.807) is 0 Å². The maximum atomic E-state index is 13.6. The van der Waals surface area contributed by atoms with Gasteiger partial charge in [0.05, 0.1) is 25.0 Å². The third-order valence-electron chi connectivity index (χ3n) is 15.0. The molecule has 6 nitrogen and oxygen atoms in total. The van der Waals surface area contributed by atoms with Crippen molar-refractivity contribution in [1.29, 1.82) is 0 Å². The molecule has 0 amide bonds. The van der Waals surface area contributed by atoms with Crippen LogP contribution < -0.4 is 0 Å². The van der Waals surface area contributed by atoms with Gasteiger partial charge >= 0.3 is 17.9 Å². The van der Waals surface area contributed by atoms with Gasteiger partial charge in [-0.05, 0) is 124 Å². The maximum absolute atomic E-state index is 13.6. The summed E-state index contributed by atoms with van der Waals surface area (Å²) in [5, 5.41) is 0. The fourth-order valence-corrected chi connectivity index (χ4v) is 12.7. The summed E-state index contributed by atoms with van der Waals surface area (Å²) >= 11 is 0. The SMILES string of the molecule is CCC1CC(CC)C2C(=O)OCC12.CCC1CC(CC)C2C3CC(CC3C(=O)OC3(C4CCCCC4)CCCC3)C12.O=C1CCCO1. The number of carbonyl (C=O) groups is 3. The molecule has 47 heavy (non-hydrogen) atoms. The smallest absolute Gasteiger partial charge is 0.309 e. The summed E-state index contributed by atoms with van der Waals surface area (Å²) in [6, 6.07) is 0. The highest BCUT2D eigenvalue weighted by Gasteiger charge is 2.62. The molecule has 2 heterocycles. The van der Waals surface area contributed by atoms with E-state index in [9.17, 15) is 14.4 Å². The molecule has 0 aromatic carbocycles. The van der Waals surface area contributed by atoms with Crippen LogP contribution in [0.5, 0.6) is 0 Å². The Balaban J connectivity index is 0.000000167. The summed E-state index contributed by atoms with van der Waals surface area (Å²) in [5.41, 5.74) is -0.0788. The minimum Gasteiger partial charge on any atom is -0.466 e. The molecule has 6 saturated carbocycles. The van der Waals surface area contributed by atoms with Gasteiger partial charge in [0, 0.05) is 12.3 Å². The number of rotatable bonds is 7. The lowest BCUT2D eigenvalue weighted by Crippen LogP contribution is -2.44. The summed E-state index contributed by atoms with van der Waals surface area (Å²) in [4.78, 5) is 35.0. The van der Waals surface area contributed by atoms with E-state index < -0.39 is 0 Å². The molecule has 8 rings (SSSR count). The van der Waals surface area contributed by atoms with E-state index in [1.165, 1.54) is 83.5 Å². The van der Waals surface area contributed by atoms with Gasteiger partial charge in [-0.25, -0.2) is 0 Å². The van der Waals surface area contributed by atoms with E-state index in [0.29, 0.717) is 43.3 Å². The van der Waals surface area contributed by atoms with Gasteiger partial charge in [0.1, 0.15) is 5.60 Å². The molecule has 11 atom stereocenters. The number of fused-ring (bicyclic) bond motifs is 6. The monoisotopic (exact) mass is 654 g/mol. The molecular weight excluding hydrogens is 588 g/mol. The van der Waals surface area contributed by atoms with Gasteiger partial charge in [-0.2, -0.15) is 0 Å². The average Bonchev–Trinajstić information content (AvgIpc) is 3.95. The molecule has 266 valence electrons.